The number of carbonyl (C=O) groups is 3. The summed E-state index contributed by atoms with van der Waals surface area (Å²) in [5.74, 6) is -3.15. The molecule has 0 aromatic carbocycles. The van der Waals surface area contributed by atoms with E-state index in [9.17, 15) is 19.5 Å². The van der Waals surface area contributed by atoms with Crippen LogP contribution in [0.5, 0.6) is 0 Å². The van der Waals surface area contributed by atoms with Gasteiger partial charge in [0.15, 0.2) is 20.1 Å². The van der Waals surface area contributed by atoms with Crippen LogP contribution in [-0.2, 0) is 18.8 Å². The smallest absolute Gasteiger partial charge is 0.334 e. The molecule has 6 nitrogen and oxygen atoms in total. The molecule has 2 aliphatic rings. The molecule has 2 rings (SSSR count). The molecular formula is C16H27NO5Si. The first-order valence-electron chi connectivity index (χ1n) is 8.97. The highest BCUT2D eigenvalue weighted by Gasteiger charge is 2.63. The lowest BCUT2D eigenvalue weighted by molar-refractivity contribution is -0.166. The summed E-state index contributed by atoms with van der Waals surface area (Å²) >= 11 is 0. The summed E-state index contributed by atoms with van der Waals surface area (Å²) in [5, 5.41) is 9.19. The summed E-state index contributed by atoms with van der Waals surface area (Å²) in [6.45, 7) is 6.74. The van der Waals surface area contributed by atoms with Gasteiger partial charge in [0.05, 0.1) is 12.0 Å². The summed E-state index contributed by atoms with van der Waals surface area (Å²) in [7, 11) is -1.73. The Balaban J connectivity index is 1.95. The first-order chi connectivity index (χ1) is 11.2. The maximum absolute atomic E-state index is 12.3. The average molecular weight is 343 g/mol. The Morgan fingerprint density at radius 3 is 2.70 bits per heavy atom. The molecule has 2 saturated heterocycles. The van der Waals surface area contributed by atoms with Crippen molar-refractivity contribution in [2.75, 3.05) is 6.61 Å². The predicted octanol–water partition coefficient (Wildman–Crippen LogP) is 1.90. The second-order valence-electron chi connectivity index (χ2n) is 7.09. The molecule has 1 amide bonds. The van der Waals surface area contributed by atoms with E-state index in [1.165, 1.54) is 4.90 Å². The van der Waals surface area contributed by atoms with E-state index in [4.69, 9.17) is 5.80 Å². The van der Waals surface area contributed by atoms with E-state index < -0.39 is 38.1 Å². The second kappa shape index (κ2) is 6.73. The monoisotopic (exact) mass is 343 g/mol. The van der Waals surface area contributed by atoms with Crippen LogP contribution in [0.15, 0.2) is 0 Å². The number of ketones is 1. The highest BCUT2D eigenvalue weighted by Crippen LogP contribution is 2.43. The van der Waals surface area contributed by atoms with Crippen LogP contribution >= 0.6 is 0 Å². The molecule has 4 unspecified atom stereocenters. The lowest BCUT2D eigenvalue weighted by Gasteiger charge is -2.45. The predicted molar refractivity (Wildman–Crippen MR) is 87.5 cm³/mol. The van der Waals surface area contributed by atoms with Crippen molar-refractivity contribution >= 4 is 26.0 Å². The van der Waals surface area contributed by atoms with Crippen molar-refractivity contribution in [2.45, 2.75) is 64.3 Å². The summed E-state index contributed by atoms with van der Waals surface area (Å²) in [6.07, 6.45) is 2.76. The minimum absolute atomic E-state index is 0.175. The van der Waals surface area contributed by atoms with Crippen LogP contribution in [0.1, 0.15) is 34.5 Å². The largest absolute Gasteiger partial charge is 0.479 e. The Bertz CT molecular complexity index is 527. The number of unbranched alkanes of at least 4 members (excludes halogenated alkanes) is 1. The third-order valence-corrected chi connectivity index (χ3v) is 7.46. The number of hydrogen-bond acceptors (Lipinski definition) is 4. The van der Waals surface area contributed by atoms with Gasteiger partial charge >= 0.3 is 5.97 Å². The fourth-order valence-electron chi connectivity index (χ4n) is 3.55. The molecule has 0 radical (unpaired) electrons. The van der Waals surface area contributed by atoms with E-state index in [2.05, 4.69) is 20.0 Å². The number of carbonyl (C=O) groups excluding carboxylic acids is 2. The number of nitrogens with zero attached hydrogens (tertiary/aromatic N) is 1. The molecule has 1 N–H and O–H groups in total. The number of carboxylic acids is 1. The maximum atomic E-state index is 12.3. The van der Waals surface area contributed by atoms with E-state index >= 15 is 0 Å². The van der Waals surface area contributed by atoms with E-state index in [1.54, 1.807) is 0 Å². The molecule has 130 valence electrons. The lowest BCUT2D eigenvalue weighted by Crippen LogP contribution is -2.63. The second-order valence-corrected chi connectivity index (χ2v) is 11.4. The van der Waals surface area contributed by atoms with Gasteiger partial charge in [-0.05, 0) is 25.6 Å². The van der Waals surface area contributed by atoms with E-state index in [1.807, 2.05) is 0 Å². The van der Waals surface area contributed by atoms with Gasteiger partial charge in [0.2, 0.25) is 5.91 Å². The van der Waals surface area contributed by atoms with E-state index in [0.29, 0.717) is 13.0 Å². The summed E-state index contributed by atoms with van der Waals surface area (Å²) in [5.41, 5.74) is 0. The van der Waals surface area contributed by atoms with Crippen molar-refractivity contribution in [1.82, 2.24) is 4.90 Å². The van der Waals surface area contributed by atoms with Crippen LogP contribution in [0.4, 0.5) is 0 Å². The summed E-state index contributed by atoms with van der Waals surface area (Å²) in [4.78, 5) is 36.9. The Kier molecular flexibility index (Phi) is 4.87. The van der Waals surface area contributed by atoms with Crippen molar-refractivity contribution in [2.24, 2.45) is 11.8 Å². The Labute approximate surface area is 139 Å². The van der Waals surface area contributed by atoms with Crippen molar-refractivity contribution < 1.29 is 25.3 Å². The molecule has 4 atom stereocenters. The van der Waals surface area contributed by atoms with E-state index in [-0.39, 0.29) is 18.7 Å². The third-order valence-electron chi connectivity index (χ3n) is 4.92. The first-order valence-corrected chi connectivity index (χ1v) is 11.4. The van der Waals surface area contributed by atoms with Gasteiger partial charge in [-0.15, -0.1) is 0 Å². The fraction of sp³-hybridized carbons (Fsp3) is 0.812. The lowest BCUT2D eigenvalue weighted by atomic mass is 9.81. The molecule has 7 heteroatoms. The Morgan fingerprint density at radius 2 is 2.13 bits per heavy atom. The third kappa shape index (κ3) is 3.35. The van der Waals surface area contributed by atoms with Gasteiger partial charge in [0.25, 0.3) is 0 Å². The van der Waals surface area contributed by atoms with Gasteiger partial charge in [-0.2, -0.15) is 0 Å². The standard InChI is InChI=1S/C16H27NO5Si/c1-5-6-9-23(3,4)22-8-7-11-12-10(2)14(18)13(16(20)21)17(12)15(11)19/h10-13H,5-9H2,1-4H3,(H,20,21)/i2T. The van der Waals surface area contributed by atoms with Crippen LogP contribution in [0.25, 0.3) is 0 Å². The molecule has 2 aliphatic heterocycles. The zero-order valence-electron chi connectivity index (χ0n) is 15.1. The zero-order valence-corrected chi connectivity index (χ0v) is 15.1. The van der Waals surface area contributed by atoms with Gasteiger partial charge in [-0.3, -0.25) is 9.59 Å². The molecule has 0 bridgehead atoms. The van der Waals surface area contributed by atoms with Gasteiger partial charge in [-0.1, -0.05) is 26.7 Å². The summed E-state index contributed by atoms with van der Waals surface area (Å²) < 4.78 is 13.6. The normalized spacial score (nSPS) is 30.9. The number of hydrogen-bond donors (Lipinski definition) is 1. The number of amides is 1. The van der Waals surface area contributed by atoms with Crippen molar-refractivity contribution in [3.8, 4) is 0 Å². The molecule has 0 spiro atoms. The molecule has 23 heavy (non-hydrogen) atoms. The number of aliphatic carboxylic acids is 1. The quantitative estimate of drug-likeness (QED) is 0.413. The minimum atomic E-state index is -1.73. The van der Waals surface area contributed by atoms with Crippen molar-refractivity contribution in [1.29, 1.82) is 0 Å². The number of fused-ring (bicyclic) bond motifs is 1. The fourth-order valence-corrected chi connectivity index (χ4v) is 5.57. The van der Waals surface area contributed by atoms with Crippen LogP contribution in [0, 0.1) is 11.8 Å². The SMILES string of the molecule is [3H]CC1C(=O)C(C(=O)O)N2C(=O)C(CCO[Si](C)(C)CCCC)C12. The molecule has 0 aromatic heterocycles. The Hall–Kier alpha value is -1.21. The minimum Gasteiger partial charge on any atom is -0.479 e. The number of β-lactam (4-membered cyclic amide) rings is 1. The Morgan fingerprint density at radius 1 is 1.43 bits per heavy atom. The van der Waals surface area contributed by atoms with Gasteiger partial charge in [0, 0.05) is 13.9 Å². The highest BCUT2D eigenvalue weighted by molar-refractivity contribution is 6.71. The molecule has 0 aliphatic carbocycles. The van der Waals surface area contributed by atoms with Gasteiger partial charge in [-0.25, -0.2) is 4.79 Å². The van der Waals surface area contributed by atoms with Crippen molar-refractivity contribution in [3.05, 3.63) is 0 Å². The zero-order chi connectivity index (χ0) is 18.1. The molecule has 2 heterocycles. The number of rotatable bonds is 8. The summed E-state index contributed by atoms with van der Waals surface area (Å²) in [6, 6.07) is -0.759. The van der Waals surface area contributed by atoms with Crippen LogP contribution in [-0.4, -0.2) is 54.7 Å². The van der Waals surface area contributed by atoms with E-state index in [0.717, 1.165) is 18.9 Å². The maximum Gasteiger partial charge on any atom is 0.334 e. The molecule has 0 aromatic rings. The van der Waals surface area contributed by atoms with Crippen molar-refractivity contribution in [3.63, 3.8) is 0 Å². The number of carboxylic acid groups (broad SMARTS) is 1. The average Bonchev–Trinajstić information content (AvgIpc) is 2.79. The molecule has 0 saturated carbocycles. The van der Waals surface area contributed by atoms with Gasteiger partial charge < -0.3 is 14.4 Å². The van der Waals surface area contributed by atoms with Gasteiger partial charge in [0.1, 0.15) is 0 Å². The molecule has 2 fully saturated rings. The number of Topliss-reactive ketones (excluding diaryl/α,β-unsaturated/α-hetero) is 1. The first kappa shape index (κ1) is 16.6. The topological polar surface area (TPSA) is 83.9 Å². The van der Waals surface area contributed by atoms with Crippen LogP contribution < -0.4 is 0 Å². The van der Waals surface area contributed by atoms with Crippen LogP contribution in [0.3, 0.4) is 0 Å². The van der Waals surface area contributed by atoms with Crippen LogP contribution in [0.2, 0.25) is 19.1 Å². The highest BCUT2D eigenvalue weighted by atomic mass is 28.4. The molecular weight excluding hydrogens is 314 g/mol.